The average Bonchev–Trinajstić information content (AvgIpc) is 2.93. The molecule has 1 aromatic carbocycles. The highest BCUT2D eigenvalue weighted by Crippen LogP contribution is 2.17. The van der Waals surface area contributed by atoms with Crippen LogP contribution in [0.3, 0.4) is 0 Å². The highest BCUT2D eigenvalue weighted by Gasteiger charge is 2.38. The molecule has 1 fully saturated rings. The van der Waals surface area contributed by atoms with E-state index >= 15 is 0 Å². The minimum absolute atomic E-state index is 0.0941. The highest BCUT2D eigenvalue weighted by atomic mass is 16.2. The van der Waals surface area contributed by atoms with Gasteiger partial charge in [-0.1, -0.05) is 51.1 Å². The van der Waals surface area contributed by atoms with Crippen LogP contribution in [0.25, 0.3) is 0 Å². The summed E-state index contributed by atoms with van der Waals surface area (Å²) in [5, 5.41) is 13.9. The summed E-state index contributed by atoms with van der Waals surface area (Å²) in [7, 11) is 0. The van der Waals surface area contributed by atoms with Crippen molar-refractivity contribution in [2.75, 3.05) is 13.1 Å². The number of carbonyl (C=O) groups is 5. The van der Waals surface area contributed by atoms with Crippen LogP contribution in [0, 0.1) is 5.92 Å². The molecule has 0 spiro atoms. The predicted molar refractivity (Wildman–Crippen MR) is 155 cm³/mol. The van der Waals surface area contributed by atoms with E-state index in [0.29, 0.717) is 18.4 Å². The topological polar surface area (TPSA) is 210 Å². The summed E-state index contributed by atoms with van der Waals surface area (Å²) < 4.78 is 0. The third-order valence-corrected chi connectivity index (χ3v) is 6.87. The quantitative estimate of drug-likeness (QED) is 0.126. The fraction of sp³-hybridized carbons (Fsp3) is 0.571. The molecule has 13 heteroatoms. The number of hydrogen-bond donors (Lipinski definition) is 7. The number of aliphatic imine (C=N–C) groups is 1. The molecule has 4 atom stereocenters. The summed E-state index contributed by atoms with van der Waals surface area (Å²) in [4.78, 5) is 70.1. The Bertz CT molecular complexity index is 1110. The zero-order valence-electron chi connectivity index (χ0n) is 24.3. The molecule has 41 heavy (non-hydrogen) atoms. The standard InChI is InChI=1S/C28H44N8O5/c1-5-19-23(38)35-21(18-11-7-6-8-12-18)25(40)31-16-10-14-28(4,36-22(37)17(2)3)26(41)34-20(24(39)33-19)13-9-15-32-27(29)30/h6-8,11-12,17,19-21H,5,9-10,13-16H2,1-4H3,(H,31,40)(H,33,39)(H,34,41)(H,35,38)(H,36,37)(H4,29,30,32)/t19-,20-,21+,28+/m0/s1. The molecule has 0 radical (unpaired) electrons. The number of carbonyl (C=O) groups excluding carboxylic acids is 5. The third kappa shape index (κ3) is 10.1. The summed E-state index contributed by atoms with van der Waals surface area (Å²) >= 11 is 0. The summed E-state index contributed by atoms with van der Waals surface area (Å²) in [6, 6.07) is 5.76. The van der Waals surface area contributed by atoms with Crippen molar-refractivity contribution in [1.29, 1.82) is 0 Å². The molecule has 0 aromatic heterocycles. The second-order valence-electron chi connectivity index (χ2n) is 10.7. The van der Waals surface area contributed by atoms with Gasteiger partial charge in [-0.25, -0.2) is 0 Å². The van der Waals surface area contributed by atoms with Crippen LogP contribution >= 0.6 is 0 Å². The van der Waals surface area contributed by atoms with Gasteiger partial charge >= 0.3 is 0 Å². The second kappa shape index (κ2) is 15.6. The van der Waals surface area contributed by atoms with E-state index in [9.17, 15) is 24.0 Å². The Morgan fingerprint density at radius 2 is 1.68 bits per heavy atom. The summed E-state index contributed by atoms with van der Waals surface area (Å²) in [6.45, 7) is 7.15. The number of amides is 5. The van der Waals surface area contributed by atoms with Gasteiger partial charge in [0.05, 0.1) is 0 Å². The van der Waals surface area contributed by atoms with Gasteiger partial charge in [0.25, 0.3) is 0 Å². The van der Waals surface area contributed by atoms with Gasteiger partial charge in [-0.2, -0.15) is 0 Å². The van der Waals surface area contributed by atoms with Crippen molar-refractivity contribution in [3.8, 4) is 0 Å². The smallest absolute Gasteiger partial charge is 0.247 e. The maximum atomic E-state index is 13.6. The van der Waals surface area contributed by atoms with Crippen LogP contribution in [-0.4, -0.2) is 66.2 Å². The number of benzene rings is 1. The van der Waals surface area contributed by atoms with Gasteiger partial charge in [0.1, 0.15) is 23.7 Å². The molecule has 1 aromatic rings. The Balaban J connectivity index is 2.44. The lowest BCUT2D eigenvalue weighted by atomic mass is 9.92. The highest BCUT2D eigenvalue weighted by molar-refractivity contribution is 5.97. The van der Waals surface area contributed by atoms with E-state index < -0.39 is 47.3 Å². The van der Waals surface area contributed by atoms with Gasteiger partial charge in [0.2, 0.25) is 29.5 Å². The Kier molecular flexibility index (Phi) is 12.6. The van der Waals surface area contributed by atoms with Crippen LogP contribution in [0.4, 0.5) is 0 Å². The van der Waals surface area contributed by atoms with E-state index in [-0.39, 0.29) is 50.1 Å². The fourth-order valence-electron chi connectivity index (χ4n) is 4.31. The number of hydrogen-bond acceptors (Lipinski definition) is 6. The van der Waals surface area contributed by atoms with E-state index in [2.05, 4.69) is 31.6 Å². The predicted octanol–water partition coefficient (Wildman–Crippen LogP) is -0.282. The van der Waals surface area contributed by atoms with Crippen molar-refractivity contribution < 1.29 is 24.0 Å². The van der Waals surface area contributed by atoms with Gasteiger partial charge in [-0.15, -0.1) is 0 Å². The van der Waals surface area contributed by atoms with Gasteiger partial charge in [-0.05, 0) is 44.6 Å². The van der Waals surface area contributed by atoms with Crippen molar-refractivity contribution in [3.63, 3.8) is 0 Å². The number of rotatable bonds is 8. The lowest BCUT2D eigenvalue weighted by Crippen LogP contribution is -2.61. The first-order valence-corrected chi connectivity index (χ1v) is 14.0. The molecular weight excluding hydrogens is 528 g/mol. The van der Waals surface area contributed by atoms with E-state index in [0.717, 1.165) is 0 Å². The van der Waals surface area contributed by atoms with Gasteiger partial charge in [0, 0.05) is 19.0 Å². The molecular formula is C28H44N8O5. The van der Waals surface area contributed by atoms with Crippen molar-refractivity contribution in [2.24, 2.45) is 22.4 Å². The molecule has 0 unspecified atom stereocenters. The molecule has 0 bridgehead atoms. The number of nitrogens with zero attached hydrogens (tertiary/aromatic N) is 1. The van der Waals surface area contributed by atoms with E-state index in [4.69, 9.17) is 11.5 Å². The Morgan fingerprint density at radius 3 is 2.29 bits per heavy atom. The average molecular weight is 573 g/mol. The molecule has 0 aliphatic carbocycles. The van der Waals surface area contributed by atoms with Crippen LogP contribution < -0.4 is 38.1 Å². The second-order valence-corrected chi connectivity index (χ2v) is 10.7. The van der Waals surface area contributed by atoms with Crippen molar-refractivity contribution >= 4 is 35.5 Å². The molecule has 0 saturated carbocycles. The van der Waals surface area contributed by atoms with E-state index in [1.54, 1.807) is 58.0 Å². The minimum Gasteiger partial charge on any atom is -0.370 e. The number of guanidine groups is 1. The van der Waals surface area contributed by atoms with Gasteiger partial charge < -0.3 is 38.1 Å². The monoisotopic (exact) mass is 572 g/mol. The zero-order valence-corrected chi connectivity index (χ0v) is 24.3. The first-order chi connectivity index (χ1) is 19.4. The first-order valence-electron chi connectivity index (χ1n) is 14.0. The molecule has 13 nitrogen and oxygen atoms in total. The molecule has 226 valence electrons. The van der Waals surface area contributed by atoms with Crippen LogP contribution in [0.1, 0.15) is 71.4 Å². The normalized spacial score (nSPS) is 24.6. The maximum absolute atomic E-state index is 13.6. The summed E-state index contributed by atoms with van der Waals surface area (Å²) in [5.41, 5.74) is 10.0. The van der Waals surface area contributed by atoms with Crippen molar-refractivity contribution in [1.82, 2.24) is 26.6 Å². The lowest BCUT2D eigenvalue weighted by molar-refractivity contribution is -0.137. The first kappa shape index (κ1) is 33.0. The Morgan fingerprint density at radius 1 is 1.02 bits per heavy atom. The SMILES string of the molecule is CC[C@@H]1NC(=O)[C@H](CCCN=C(N)N)NC(=O)[C@](C)(NC(=O)C(C)C)CCCNC(=O)[C@@H](c2ccccc2)NC1=O. The summed E-state index contributed by atoms with van der Waals surface area (Å²) in [6.07, 6.45) is 1.29. The van der Waals surface area contributed by atoms with Gasteiger partial charge in [0.15, 0.2) is 5.96 Å². The molecule has 9 N–H and O–H groups in total. The molecule has 1 heterocycles. The minimum atomic E-state index is -1.37. The van der Waals surface area contributed by atoms with Gasteiger partial charge in [-0.3, -0.25) is 29.0 Å². The molecule has 1 saturated heterocycles. The van der Waals surface area contributed by atoms with E-state index in [1.807, 2.05) is 0 Å². The van der Waals surface area contributed by atoms with Crippen LogP contribution in [0.2, 0.25) is 0 Å². The zero-order chi connectivity index (χ0) is 30.6. The molecule has 1 aliphatic heterocycles. The number of nitrogens with two attached hydrogens (primary N) is 2. The van der Waals surface area contributed by atoms with E-state index in [1.165, 1.54) is 0 Å². The largest absolute Gasteiger partial charge is 0.370 e. The number of nitrogens with one attached hydrogen (secondary N) is 5. The fourth-order valence-corrected chi connectivity index (χ4v) is 4.31. The third-order valence-electron chi connectivity index (χ3n) is 6.87. The van der Waals surface area contributed by atoms with Crippen molar-refractivity contribution in [3.05, 3.63) is 35.9 Å². The molecule has 1 aliphatic rings. The lowest BCUT2D eigenvalue weighted by Gasteiger charge is -2.32. The van der Waals surface area contributed by atoms with Crippen LogP contribution in [0.15, 0.2) is 35.3 Å². The maximum Gasteiger partial charge on any atom is 0.247 e. The summed E-state index contributed by atoms with van der Waals surface area (Å²) in [5.74, 6) is -2.93. The van der Waals surface area contributed by atoms with Crippen LogP contribution in [0.5, 0.6) is 0 Å². The molecule has 5 amide bonds. The Labute approximate surface area is 241 Å². The Hall–Kier alpha value is -4.16. The van der Waals surface area contributed by atoms with Crippen molar-refractivity contribution in [2.45, 2.75) is 83.5 Å². The van der Waals surface area contributed by atoms with Crippen LogP contribution in [-0.2, 0) is 24.0 Å². The molecule has 2 rings (SSSR count).